The second-order valence-corrected chi connectivity index (χ2v) is 8.45. The fourth-order valence-electron chi connectivity index (χ4n) is 2.87. The van der Waals surface area contributed by atoms with E-state index in [1.807, 2.05) is 11.3 Å². The van der Waals surface area contributed by atoms with Crippen LogP contribution in [-0.4, -0.2) is 0 Å². The highest BCUT2D eigenvalue weighted by Crippen LogP contribution is 2.47. The SMILES string of the molecule is C=C(C)C(=C)CCC1(c2ccc(I)s2)CCCC1. The summed E-state index contributed by atoms with van der Waals surface area (Å²) in [5, 5.41) is 0. The van der Waals surface area contributed by atoms with Gasteiger partial charge in [-0.25, -0.2) is 0 Å². The molecule has 0 saturated heterocycles. The lowest BCUT2D eigenvalue weighted by molar-refractivity contribution is 0.414. The molecule has 0 nitrogen and oxygen atoms in total. The number of halogens is 1. The highest BCUT2D eigenvalue weighted by Gasteiger charge is 2.36. The average molecular weight is 372 g/mol. The summed E-state index contributed by atoms with van der Waals surface area (Å²) in [6.07, 6.45) is 7.82. The van der Waals surface area contributed by atoms with Crippen molar-refractivity contribution >= 4 is 33.9 Å². The van der Waals surface area contributed by atoms with Gasteiger partial charge in [-0.15, -0.1) is 11.3 Å². The minimum Gasteiger partial charge on any atom is -0.134 e. The molecule has 0 N–H and O–H groups in total. The third-order valence-electron chi connectivity index (χ3n) is 4.17. The predicted molar refractivity (Wildman–Crippen MR) is 90.4 cm³/mol. The van der Waals surface area contributed by atoms with Crippen LogP contribution in [0.15, 0.2) is 36.4 Å². The summed E-state index contributed by atoms with van der Waals surface area (Å²) in [6, 6.07) is 4.61. The van der Waals surface area contributed by atoms with Crippen molar-refractivity contribution in [1.82, 2.24) is 0 Å². The van der Waals surface area contributed by atoms with Crippen molar-refractivity contribution in [2.75, 3.05) is 0 Å². The van der Waals surface area contributed by atoms with Crippen LogP contribution in [0.2, 0.25) is 0 Å². The predicted octanol–water partition coefficient (Wildman–Crippen LogP) is 6.08. The number of thiophene rings is 1. The Morgan fingerprint density at radius 2 is 2.00 bits per heavy atom. The normalized spacial score (nSPS) is 17.9. The average Bonchev–Trinajstić information content (AvgIpc) is 2.95. The van der Waals surface area contributed by atoms with Crippen LogP contribution >= 0.6 is 33.9 Å². The molecule has 0 bridgehead atoms. The van der Waals surface area contributed by atoms with E-state index in [4.69, 9.17) is 0 Å². The number of hydrogen-bond donors (Lipinski definition) is 0. The monoisotopic (exact) mass is 372 g/mol. The summed E-state index contributed by atoms with van der Waals surface area (Å²) in [7, 11) is 0. The Bertz CT molecular complexity index is 449. The van der Waals surface area contributed by atoms with Crippen LogP contribution in [0.1, 0.15) is 50.3 Å². The number of allylic oxidation sites excluding steroid dienone is 2. The van der Waals surface area contributed by atoms with Crippen LogP contribution in [0.5, 0.6) is 0 Å². The molecule has 98 valence electrons. The summed E-state index contributed by atoms with van der Waals surface area (Å²) in [5.41, 5.74) is 2.81. The van der Waals surface area contributed by atoms with E-state index in [-0.39, 0.29) is 0 Å². The van der Waals surface area contributed by atoms with Crippen LogP contribution in [0, 0.1) is 2.88 Å². The molecule has 0 aliphatic heterocycles. The van der Waals surface area contributed by atoms with E-state index < -0.39 is 0 Å². The Hall–Kier alpha value is -0.0900. The van der Waals surface area contributed by atoms with E-state index in [0.29, 0.717) is 5.41 Å². The van der Waals surface area contributed by atoms with Crippen molar-refractivity contribution in [3.8, 4) is 0 Å². The Kier molecular flexibility index (Phi) is 4.70. The van der Waals surface area contributed by atoms with Gasteiger partial charge in [-0.2, -0.15) is 0 Å². The van der Waals surface area contributed by atoms with Crippen molar-refractivity contribution in [3.63, 3.8) is 0 Å². The van der Waals surface area contributed by atoms with Crippen LogP contribution < -0.4 is 0 Å². The van der Waals surface area contributed by atoms with Gasteiger partial charge in [0.1, 0.15) is 0 Å². The highest BCUT2D eigenvalue weighted by molar-refractivity contribution is 14.1. The second-order valence-electron chi connectivity index (χ2n) is 5.48. The third-order valence-corrected chi connectivity index (χ3v) is 6.31. The first kappa shape index (κ1) is 14.3. The van der Waals surface area contributed by atoms with Gasteiger partial charge in [-0.05, 0) is 67.3 Å². The van der Waals surface area contributed by atoms with E-state index in [0.717, 1.165) is 12.0 Å². The lowest BCUT2D eigenvalue weighted by atomic mass is 9.79. The maximum Gasteiger partial charge on any atom is 0.0656 e. The zero-order valence-electron chi connectivity index (χ0n) is 11.1. The minimum atomic E-state index is 0.437. The Morgan fingerprint density at radius 1 is 1.33 bits per heavy atom. The first-order valence-electron chi connectivity index (χ1n) is 6.63. The third kappa shape index (κ3) is 3.08. The Labute approximate surface area is 128 Å². The van der Waals surface area contributed by atoms with E-state index in [1.54, 1.807) is 4.88 Å². The van der Waals surface area contributed by atoms with Crippen molar-refractivity contribution in [3.05, 3.63) is 44.2 Å². The highest BCUT2D eigenvalue weighted by atomic mass is 127. The van der Waals surface area contributed by atoms with Gasteiger partial charge in [0.25, 0.3) is 0 Å². The standard InChI is InChI=1S/C16H21IS/c1-12(2)13(3)8-11-16(9-4-5-10-16)14-6-7-15(17)18-14/h6-7H,1,3-5,8-11H2,2H3. The van der Waals surface area contributed by atoms with Crippen molar-refractivity contribution in [1.29, 1.82) is 0 Å². The molecule has 1 aromatic rings. The molecular weight excluding hydrogens is 351 g/mol. The Morgan fingerprint density at radius 3 is 2.50 bits per heavy atom. The van der Waals surface area contributed by atoms with Crippen molar-refractivity contribution in [2.45, 2.75) is 50.9 Å². The summed E-state index contributed by atoms with van der Waals surface area (Å²) in [4.78, 5) is 1.60. The zero-order chi connectivity index (χ0) is 13.2. The van der Waals surface area contributed by atoms with Gasteiger partial charge in [0.15, 0.2) is 0 Å². The summed E-state index contributed by atoms with van der Waals surface area (Å²) < 4.78 is 1.41. The molecule has 1 saturated carbocycles. The van der Waals surface area contributed by atoms with Crippen LogP contribution in [0.4, 0.5) is 0 Å². The van der Waals surface area contributed by atoms with Gasteiger partial charge >= 0.3 is 0 Å². The molecule has 2 heteroatoms. The molecule has 1 heterocycles. The molecule has 1 aliphatic carbocycles. The molecule has 18 heavy (non-hydrogen) atoms. The molecule has 0 unspecified atom stereocenters. The zero-order valence-corrected chi connectivity index (χ0v) is 14.1. The molecular formula is C16H21IS. The summed E-state index contributed by atoms with van der Waals surface area (Å²) >= 11 is 4.41. The second kappa shape index (κ2) is 5.91. The largest absolute Gasteiger partial charge is 0.134 e. The molecule has 0 aromatic carbocycles. The topological polar surface area (TPSA) is 0 Å². The molecule has 1 aliphatic rings. The number of hydrogen-bond acceptors (Lipinski definition) is 1. The Balaban J connectivity index is 2.13. The molecule has 1 fully saturated rings. The first-order valence-corrected chi connectivity index (χ1v) is 8.52. The molecule has 1 aromatic heterocycles. The minimum absolute atomic E-state index is 0.437. The van der Waals surface area contributed by atoms with Gasteiger partial charge in [-0.3, -0.25) is 0 Å². The molecule has 0 radical (unpaired) electrons. The molecule has 0 amide bonds. The van der Waals surface area contributed by atoms with Crippen molar-refractivity contribution in [2.24, 2.45) is 0 Å². The van der Waals surface area contributed by atoms with Gasteiger partial charge in [-0.1, -0.05) is 37.1 Å². The van der Waals surface area contributed by atoms with Gasteiger partial charge in [0, 0.05) is 10.3 Å². The van der Waals surface area contributed by atoms with Gasteiger partial charge < -0.3 is 0 Å². The lowest BCUT2D eigenvalue weighted by Crippen LogP contribution is -2.20. The maximum absolute atomic E-state index is 4.15. The fourth-order valence-corrected chi connectivity index (χ4v) is 4.77. The van der Waals surface area contributed by atoms with E-state index in [1.165, 1.54) is 40.6 Å². The molecule has 2 rings (SSSR count). The van der Waals surface area contributed by atoms with E-state index >= 15 is 0 Å². The van der Waals surface area contributed by atoms with Crippen LogP contribution in [0.3, 0.4) is 0 Å². The van der Waals surface area contributed by atoms with Gasteiger partial charge in [0.05, 0.1) is 2.88 Å². The first-order chi connectivity index (χ1) is 8.53. The lowest BCUT2D eigenvalue weighted by Gasteiger charge is -2.28. The molecule has 0 atom stereocenters. The molecule has 0 spiro atoms. The summed E-state index contributed by atoms with van der Waals surface area (Å²) in [6.45, 7) is 10.2. The smallest absolute Gasteiger partial charge is 0.0656 e. The van der Waals surface area contributed by atoms with E-state index in [9.17, 15) is 0 Å². The fraction of sp³-hybridized carbons (Fsp3) is 0.500. The van der Waals surface area contributed by atoms with E-state index in [2.05, 4.69) is 54.8 Å². The van der Waals surface area contributed by atoms with Crippen LogP contribution in [-0.2, 0) is 5.41 Å². The van der Waals surface area contributed by atoms with Crippen LogP contribution in [0.25, 0.3) is 0 Å². The maximum atomic E-state index is 4.15. The number of rotatable bonds is 5. The van der Waals surface area contributed by atoms with Crippen molar-refractivity contribution < 1.29 is 0 Å². The van der Waals surface area contributed by atoms with Gasteiger partial charge in [0.2, 0.25) is 0 Å². The summed E-state index contributed by atoms with van der Waals surface area (Å²) in [5.74, 6) is 0. The quantitative estimate of drug-likeness (QED) is 0.434.